The number of nitrogens with one attached hydrogen (secondary N) is 1. The van der Waals surface area contributed by atoms with E-state index in [1.165, 1.54) is 44.0 Å². The van der Waals surface area contributed by atoms with Crippen LogP contribution in [0.25, 0.3) is 38.6 Å². The number of benzene rings is 7. The summed E-state index contributed by atoms with van der Waals surface area (Å²) in [5, 5.41) is 6.05. The number of fused-ring (bicyclic) bond motifs is 11. The highest BCUT2D eigenvalue weighted by Gasteiger charge is 2.45. The Bertz CT molecular complexity index is 2710. The number of ether oxygens (including phenoxy) is 2. The molecule has 0 spiro atoms. The molecule has 0 atom stereocenters. The monoisotopic (exact) mass is 642 g/mol. The third kappa shape index (κ3) is 3.72. The Balaban J connectivity index is 1.13. The topological polar surface area (TPSA) is 35.4 Å². The van der Waals surface area contributed by atoms with Crippen LogP contribution in [-0.4, -0.2) is 11.3 Å². The van der Waals surface area contributed by atoms with Crippen molar-refractivity contribution in [3.8, 4) is 39.8 Å². The quantitative estimate of drug-likeness (QED) is 0.195. The molecule has 3 aliphatic rings. The molecule has 0 saturated heterocycles. The maximum absolute atomic E-state index is 6.98. The fourth-order valence-corrected chi connectivity index (χ4v) is 8.79. The second kappa shape index (κ2) is 9.93. The molecule has 0 radical (unpaired) electrons. The lowest BCUT2D eigenvalue weighted by molar-refractivity contribution is 0.465. The number of hydrogen-bond acceptors (Lipinski definition) is 3. The molecule has 50 heavy (non-hydrogen) atoms. The Morgan fingerprint density at radius 1 is 0.560 bits per heavy atom. The van der Waals surface area contributed by atoms with Crippen LogP contribution in [0.1, 0.15) is 25.0 Å². The summed E-state index contributed by atoms with van der Waals surface area (Å²) in [6.45, 7) is 4.62. The van der Waals surface area contributed by atoms with Gasteiger partial charge in [-0.25, -0.2) is 0 Å². The van der Waals surface area contributed by atoms with E-state index in [9.17, 15) is 0 Å². The highest BCUT2D eigenvalue weighted by atomic mass is 16.5. The third-order valence-electron chi connectivity index (χ3n) is 11.1. The average molecular weight is 643 g/mol. The Hall–Kier alpha value is -6.20. The molecule has 0 saturated carbocycles. The molecule has 7 aromatic carbocycles. The van der Waals surface area contributed by atoms with Gasteiger partial charge < -0.3 is 19.4 Å². The van der Waals surface area contributed by atoms with E-state index in [0.717, 1.165) is 56.5 Å². The van der Waals surface area contributed by atoms with E-state index in [-0.39, 0.29) is 12.1 Å². The fourth-order valence-electron chi connectivity index (χ4n) is 8.79. The van der Waals surface area contributed by atoms with E-state index in [4.69, 9.17) is 9.47 Å². The minimum atomic E-state index is -0.196. The lowest BCUT2D eigenvalue weighted by Crippen LogP contribution is -2.57. The molecule has 0 unspecified atom stereocenters. The first kappa shape index (κ1) is 27.7. The first-order valence-electron chi connectivity index (χ1n) is 17.3. The Labute approximate surface area is 290 Å². The molecule has 1 aromatic heterocycles. The molecular formula is C45H31BN2O2. The fraction of sp³-hybridized carbons (Fsp3) is 0.0667. The van der Waals surface area contributed by atoms with Crippen molar-refractivity contribution in [3.63, 3.8) is 0 Å². The van der Waals surface area contributed by atoms with Crippen LogP contribution >= 0.6 is 0 Å². The zero-order valence-electron chi connectivity index (χ0n) is 27.7. The number of aromatic nitrogens is 1. The van der Waals surface area contributed by atoms with Crippen LogP contribution in [0.4, 0.5) is 11.4 Å². The summed E-state index contributed by atoms with van der Waals surface area (Å²) in [5.41, 5.74) is 13.9. The summed E-state index contributed by atoms with van der Waals surface area (Å²) < 4.78 is 16.1. The second-order valence-electron chi connectivity index (χ2n) is 14.2. The van der Waals surface area contributed by atoms with Gasteiger partial charge in [0.05, 0.1) is 11.0 Å². The molecule has 236 valence electrons. The molecule has 0 bridgehead atoms. The molecule has 0 amide bonds. The summed E-state index contributed by atoms with van der Waals surface area (Å²) >= 11 is 0. The SMILES string of the molecule is CC1(C)c2cc(Nc3ccccc3)ccc2-c2c1ccc1c2Oc2cccc3c2B1c1cc2c4ccccc4n(-c4ccccc4)c2cc1O3. The molecule has 1 N–H and O–H groups in total. The Morgan fingerprint density at radius 2 is 1.32 bits per heavy atom. The molecule has 0 fully saturated rings. The predicted molar refractivity (Wildman–Crippen MR) is 206 cm³/mol. The van der Waals surface area contributed by atoms with Gasteiger partial charge in [-0.05, 0) is 82.2 Å². The van der Waals surface area contributed by atoms with Crippen LogP contribution in [0.15, 0.2) is 146 Å². The zero-order valence-corrected chi connectivity index (χ0v) is 27.7. The maximum atomic E-state index is 6.98. The van der Waals surface area contributed by atoms with E-state index >= 15 is 0 Å². The first-order valence-corrected chi connectivity index (χ1v) is 17.3. The molecule has 5 heteroatoms. The van der Waals surface area contributed by atoms with E-state index < -0.39 is 0 Å². The van der Waals surface area contributed by atoms with E-state index in [2.05, 4.69) is 157 Å². The van der Waals surface area contributed by atoms with Crippen LogP contribution < -0.4 is 31.2 Å². The van der Waals surface area contributed by atoms with Crippen LogP contribution in [-0.2, 0) is 5.41 Å². The maximum Gasteiger partial charge on any atom is 0.260 e. The smallest absolute Gasteiger partial charge is 0.260 e. The number of hydrogen-bond donors (Lipinski definition) is 1. The van der Waals surface area contributed by atoms with E-state index in [1.807, 2.05) is 12.1 Å². The molecule has 8 aromatic rings. The van der Waals surface area contributed by atoms with E-state index in [1.54, 1.807) is 0 Å². The standard InChI is InChI=1S/C45H31BN2O2/c1-45(2)33-22-23-35-44(42(33)31-21-20-28(24-34(31)45)47-27-12-5-3-6-13-27)50-40-19-11-18-39-43(40)46(35)36-25-32-30-16-9-10-17-37(30)48(29-14-7-4-8-15-29)38(32)26-41(36)49-39/h3-26,47H,1-2H3. The van der Waals surface area contributed by atoms with Gasteiger partial charge in [0.25, 0.3) is 6.71 Å². The normalized spacial score (nSPS) is 14.2. The van der Waals surface area contributed by atoms with Gasteiger partial charge in [0.15, 0.2) is 0 Å². The number of nitrogens with zero attached hydrogens (tertiary/aromatic N) is 1. The summed E-state index contributed by atoms with van der Waals surface area (Å²) in [6, 6.07) is 51.9. The van der Waals surface area contributed by atoms with Gasteiger partial charge in [0.2, 0.25) is 0 Å². The largest absolute Gasteiger partial charge is 0.458 e. The predicted octanol–water partition coefficient (Wildman–Crippen LogP) is 9.56. The summed E-state index contributed by atoms with van der Waals surface area (Å²) in [5.74, 6) is 3.55. The summed E-state index contributed by atoms with van der Waals surface area (Å²) in [6.07, 6.45) is 0. The average Bonchev–Trinajstić information content (AvgIpc) is 3.59. The van der Waals surface area contributed by atoms with Crippen LogP contribution in [0.3, 0.4) is 0 Å². The first-order chi connectivity index (χ1) is 24.5. The summed E-state index contributed by atoms with van der Waals surface area (Å²) in [7, 11) is 0. The molecule has 1 aliphatic carbocycles. The van der Waals surface area contributed by atoms with E-state index in [0.29, 0.717) is 0 Å². The van der Waals surface area contributed by atoms with Crippen molar-refractivity contribution in [2.45, 2.75) is 19.3 Å². The Kier molecular flexibility index (Phi) is 5.50. The van der Waals surface area contributed by atoms with Gasteiger partial charge in [-0.1, -0.05) is 98.8 Å². The lowest BCUT2D eigenvalue weighted by Gasteiger charge is -2.34. The van der Waals surface area contributed by atoms with Gasteiger partial charge in [0, 0.05) is 50.3 Å². The number of anilines is 2. The van der Waals surface area contributed by atoms with Crippen molar-refractivity contribution < 1.29 is 9.47 Å². The second-order valence-corrected chi connectivity index (χ2v) is 14.2. The van der Waals surface area contributed by atoms with Gasteiger partial charge in [-0.3, -0.25) is 0 Å². The van der Waals surface area contributed by atoms with Gasteiger partial charge >= 0.3 is 0 Å². The van der Waals surface area contributed by atoms with Gasteiger partial charge in [-0.15, -0.1) is 0 Å². The van der Waals surface area contributed by atoms with Crippen molar-refractivity contribution in [2.75, 3.05) is 5.32 Å². The third-order valence-corrected chi connectivity index (χ3v) is 11.1. The highest BCUT2D eigenvalue weighted by Crippen LogP contribution is 2.54. The van der Waals surface area contributed by atoms with Gasteiger partial charge in [0.1, 0.15) is 23.0 Å². The zero-order chi connectivity index (χ0) is 33.1. The molecule has 3 heterocycles. The molecule has 2 aliphatic heterocycles. The van der Waals surface area contributed by atoms with Crippen molar-refractivity contribution in [2.24, 2.45) is 0 Å². The number of para-hydroxylation sites is 3. The number of rotatable bonds is 3. The summed E-state index contributed by atoms with van der Waals surface area (Å²) in [4.78, 5) is 0. The highest BCUT2D eigenvalue weighted by molar-refractivity contribution is 6.98. The molecular weight excluding hydrogens is 611 g/mol. The van der Waals surface area contributed by atoms with Crippen LogP contribution in [0, 0.1) is 0 Å². The van der Waals surface area contributed by atoms with Crippen LogP contribution in [0.2, 0.25) is 0 Å². The minimum absolute atomic E-state index is 0.0339. The molecule has 4 nitrogen and oxygen atoms in total. The van der Waals surface area contributed by atoms with Crippen molar-refractivity contribution >= 4 is 56.3 Å². The van der Waals surface area contributed by atoms with Crippen LogP contribution in [0.5, 0.6) is 23.0 Å². The Morgan fingerprint density at radius 3 is 2.16 bits per heavy atom. The minimum Gasteiger partial charge on any atom is -0.458 e. The van der Waals surface area contributed by atoms with Crippen molar-refractivity contribution in [3.05, 3.63) is 157 Å². The van der Waals surface area contributed by atoms with Gasteiger partial charge in [-0.2, -0.15) is 0 Å². The molecule has 11 rings (SSSR count). The lowest BCUT2D eigenvalue weighted by atomic mass is 9.34. The van der Waals surface area contributed by atoms with Crippen molar-refractivity contribution in [1.29, 1.82) is 0 Å². The van der Waals surface area contributed by atoms with Crippen molar-refractivity contribution in [1.82, 2.24) is 4.57 Å².